The van der Waals surface area contributed by atoms with Crippen molar-refractivity contribution < 1.29 is 4.79 Å². The molecule has 1 aliphatic rings. The van der Waals surface area contributed by atoms with Gasteiger partial charge in [-0.1, -0.05) is 61.9 Å². The van der Waals surface area contributed by atoms with Gasteiger partial charge in [-0.15, -0.1) is 0 Å². The molecular formula is C17H32BrNO. The topological polar surface area (TPSA) is 29.1 Å². The van der Waals surface area contributed by atoms with E-state index >= 15 is 0 Å². The molecule has 0 spiro atoms. The molecule has 118 valence electrons. The molecule has 0 aromatic rings. The second-order valence-corrected chi connectivity index (χ2v) is 7.22. The molecule has 1 rings (SSSR count). The van der Waals surface area contributed by atoms with E-state index in [1.165, 1.54) is 44.9 Å². The molecule has 1 saturated carbocycles. The van der Waals surface area contributed by atoms with Crippen molar-refractivity contribution in [2.24, 2.45) is 5.92 Å². The van der Waals surface area contributed by atoms with Gasteiger partial charge in [-0.05, 0) is 38.0 Å². The quantitative estimate of drug-likeness (QED) is 0.451. The fourth-order valence-electron chi connectivity index (χ4n) is 3.03. The molecule has 1 N–H and O–H groups in total. The van der Waals surface area contributed by atoms with E-state index in [0.29, 0.717) is 6.42 Å². The third kappa shape index (κ3) is 6.60. The summed E-state index contributed by atoms with van der Waals surface area (Å²) in [7, 11) is 0. The van der Waals surface area contributed by atoms with Crippen LogP contribution in [0.5, 0.6) is 0 Å². The van der Waals surface area contributed by atoms with Crippen molar-refractivity contribution in [3.8, 4) is 0 Å². The highest BCUT2D eigenvalue weighted by Crippen LogP contribution is 2.33. The van der Waals surface area contributed by atoms with Crippen molar-refractivity contribution in [1.29, 1.82) is 0 Å². The van der Waals surface area contributed by atoms with Gasteiger partial charge in [0.25, 0.3) is 0 Å². The molecule has 0 radical (unpaired) electrons. The Kier molecular flexibility index (Phi) is 8.83. The second-order valence-electron chi connectivity index (χ2n) is 6.66. The van der Waals surface area contributed by atoms with Crippen molar-refractivity contribution in [2.45, 2.75) is 90.0 Å². The van der Waals surface area contributed by atoms with Gasteiger partial charge in [-0.3, -0.25) is 4.79 Å². The van der Waals surface area contributed by atoms with Crippen LogP contribution < -0.4 is 5.32 Å². The molecular weight excluding hydrogens is 314 g/mol. The summed E-state index contributed by atoms with van der Waals surface area (Å²) in [5, 5.41) is 4.22. The Labute approximate surface area is 133 Å². The van der Waals surface area contributed by atoms with Crippen molar-refractivity contribution in [3.05, 3.63) is 0 Å². The predicted octanol–water partition coefficient (Wildman–Crippen LogP) is 5.20. The van der Waals surface area contributed by atoms with Crippen molar-refractivity contribution in [3.63, 3.8) is 0 Å². The van der Waals surface area contributed by atoms with Gasteiger partial charge >= 0.3 is 0 Å². The number of nitrogens with one attached hydrogen (secondary N) is 1. The maximum Gasteiger partial charge on any atom is 0.220 e. The average Bonchev–Trinajstić information content (AvgIpc) is 2.45. The van der Waals surface area contributed by atoms with Gasteiger partial charge in [0.15, 0.2) is 0 Å². The molecule has 2 nitrogen and oxygen atoms in total. The first-order valence-corrected chi connectivity index (χ1v) is 9.61. The number of rotatable bonds is 9. The zero-order chi connectivity index (χ0) is 14.8. The summed E-state index contributed by atoms with van der Waals surface area (Å²) in [6, 6.07) is 0. The first kappa shape index (κ1) is 18.0. The lowest BCUT2D eigenvalue weighted by atomic mass is 9.78. The highest BCUT2D eigenvalue weighted by Gasteiger charge is 2.34. The molecule has 3 heteroatoms. The van der Waals surface area contributed by atoms with Gasteiger partial charge in [0.05, 0.1) is 0 Å². The van der Waals surface area contributed by atoms with Gasteiger partial charge in [0.2, 0.25) is 5.91 Å². The molecule has 0 heterocycles. The number of hydrogen-bond donors (Lipinski definition) is 1. The summed E-state index contributed by atoms with van der Waals surface area (Å²) < 4.78 is 0. The molecule has 1 amide bonds. The normalized spacial score (nSPS) is 26.4. The van der Waals surface area contributed by atoms with Crippen LogP contribution in [-0.4, -0.2) is 16.8 Å². The zero-order valence-electron chi connectivity index (χ0n) is 13.3. The smallest absolute Gasteiger partial charge is 0.220 e. The SMILES string of the molecule is CCCCCCCCC(=O)NC1(CBr)CCC(C)CC1. The van der Waals surface area contributed by atoms with E-state index in [9.17, 15) is 4.79 Å². The van der Waals surface area contributed by atoms with Gasteiger partial charge in [-0.25, -0.2) is 0 Å². The van der Waals surface area contributed by atoms with E-state index in [2.05, 4.69) is 35.1 Å². The first-order valence-electron chi connectivity index (χ1n) is 8.49. The van der Waals surface area contributed by atoms with Crippen LogP contribution >= 0.6 is 15.9 Å². The number of hydrogen-bond acceptors (Lipinski definition) is 1. The van der Waals surface area contributed by atoms with Crippen molar-refractivity contribution in [2.75, 3.05) is 5.33 Å². The van der Waals surface area contributed by atoms with Crippen molar-refractivity contribution >= 4 is 21.8 Å². The van der Waals surface area contributed by atoms with Gasteiger partial charge in [-0.2, -0.15) is 0 Å². The lowest BCUT2D eigenvalue weighted by Gasteiger charge is -2.39. The number of unbranched alkanes of at least 4 members (excludes halogenated alkanes) is 5. The van der Waals surface area contributed by atoms with Gasteiger partial charge in [0, 0.05) is 17.3 Å². The highest BCUT2D eigenvalue weighted by molar-refractivity contribution is 9.09. The van der Waals surface area contributed by atoms with Gasteiger partial charge in [0.1, 0.15) is 0 Å². The lowest BCUT2D eigenvalue weighted by molar-refractivity contribution is -0.123. The van der Waals surface area contributed by atoms with Crippen LogP contribution in [0.2, 0.25) is 0 Å². The fourth-order valence-corrected chi connectivity index (χ4v) is 3.73. The molecule has 0 aliphatic heterocycles. The summed E-state index contributed by atoms with van der Waals surface area (Å²) in [4.78, 5) is 12.1. The monoisotopic (exact) mass is 345 g/mol. The minimum Gasteiger partial charge on any atom is -0.350 e. The number of amides is 1. The van der Waals surface area contributed by atoms with Gasteiger partial charge < -0.3 is 5.32 Å². The molecule has 0 saturated heterocycles. The third-order valence-electron chi connectivity index (χ3n) is 4.65. The average molecular weight is 346 g/mol. The maximum absolute atomic E-state index is 12.1. The predicted molar refractivity (Wildman–Crippen MR) is 90.3 cm³/mol. The van der Waals surface area contributed by atoms with Crippen LogP contribution in [0.3, 0.4) is 0 Å². The van der Waals surface area contributed by atoms with E-state index in [4.69, 9.17) is 0 Å². The summed E-state index contributed by atoms with van der Waals surface area (Å²) in [5.41, 5.74) is 0.0335. The van der Waals surface area contributed by atoms with Crippen molar-refractivity contribution in [1.82, 2.24) is 5.32 Å². The van der Waals surface area contributed by atoms with Crippen LogP contribution in [0.25, 0.3) is 0 Å². The Balaban J connectivity index is 2.19. The van der Waals surface area contributed by atoms with Crippen LogP contribution in [0.4, 0.5) is 0 Å². The van der Waals surface area contributed by atoms with E-state index in [-0.39, 0.29) is 11.4 Å². The highest BCUT2D eigenvalue weighted by atomic mass is 79.9. The summed E-state index contributed by atoms with van der Waals surface area (Å²) in [5.74, 6) is 1.08. The Morgan fingerprint density at radius 2 is 1.75 bits per heavy atom. The molecule has 0 aromatic carbocycles. The molecule has 0 unspecified atom stereocenters. The summed E-state index contributed by atoms with van der Waals surface area (Å²) >= 11 is 3.61. The molecule has 0 bridgehead atoms. The Morgan fingerprint density at radius 1 is 1.15 bits per heavy atom. The van der Waals surface area contributed by atoms with E-state index in [0.717, 1.165) is 30.5 Å². The summed E-state index contributed by atoms with van der Waals surface area (Å²) in [6.45, 7) is 4.55. The van der Waals surface area contributed by atoms with E-state index < -0.39 is 0 Å². The van der Waals surface area contributed by atoms with E-state index in [1.807, 2.05) is 0 Å². The molecule has 1 aliphatic carbocycles. The van der Waals surface area contributed by atoms with Crippen LogP contribution in [0, 0.1) is 5.92 Å². The lowest BCUT2D eigenvalue weighted by Crippen LogP contribution is -2.51. The Hall–Kier alpha value is -0.0500. The molecule has 20 heavy (non-hydrogen) atoms. The minimum absolute atomic E-state index is 0.0335. The largest absolute Gasteiger partial charge is 0.350 e. The maximum atomic E-state index is 12.1. The summed E-state index contributed by atoms with van der Waals surface area (Å²) in [6.07, 6.45) is 12.9. The zero-order valence-corrected chi connectivity index (χ0v) is 14.9. The number of halogens is 1. The first-order chi connectivity index (χ1) is 9.62. The van der Waals surface area contributed by atoms with Crippen LogP contribution in [-0.2, 0) is 4.79 Å². The van der Waals surface area contributed by atoms with Crippen LogP contribution in [0.15, 0.2) is 0 Å². The Morgan fingerprint density at radius 3 is 2.35 bits per heavy atom. The van der Waals surface area contributed by atoms with Crippen LogP contribution in [0.1, 0.15) is 84.5 Å². The van der Waals surface area contributed by atoms with E-state index in [1.54, 1.807) is 0 Å². The second kappa shape index (κ2) is 9.81. The standard InChI is InChI=1S/C17H32BrNO/c1-3-4-5-6-7-8-9-16(20)19-17(14-18)12-10-15(2)11-13-17/h15H,3-14H2,1-2H3,(H,19,20). The number of alkyl halides is 1. The minimum atomic E-state index is 0.0335. The number of carbonyl (C=O) groups is 1. The number of carbonyl (C=O) groups excluding carboxylic acids is 1. The molecule has 1 fully saturated rings. The fraction of sp³-hybridized carbons (Fsp3) is 0.941. The third-order valence-corrected chi connectivity index (χ3v) is 5.72. The molecule has 0 aromatic heterocycles. The Bertz CT molecular complexity index is 272. The molecule has 0 atom stereocenters.